The molecule has 1 fully saturated rings. The van der Waals surface area contributed by atoms with Crippen molar-refractivity contribution in [2.24, 2.45) is 5.73 Å². The molecule has 0 saturated heterocycles. The van der Waals surface area contributed by atoms with Crippen molar-refractivity contribution in [3.63, 3.8) is 0 Å². The molecule has 1 aromatic rings. The van der Waals surface area contributed by atoms with Crippen molar-refractivity contribution in [1.82, 2.24) is 5.32 Å². The van der Waals surface area contributed by atoms with Crippen LogP contribution in [0.25, 0.3) is 0 Å². The first kappa shape index (κ1) is 20.6. The smallest absolute Gasteiger partial charge is 0.236 e. The first-order valence-electron chi connectivity index (χ1n) is 8.28. The Morgan fingerprint density at radius 3 is 2.38 bits per heavy atom. The van der Waals surface area contributed by atoms with Crippen molar-refractivity contribution < 1.29 is 14.3 Å². The SMILES string of the molecule is COc1ccc(C2(CNC(=O)[C@H](C)N)CCCCC2)cc1OC.Cl. The minimum atomic E-state index is -0.485. The Balaban J connectivity index is 0.00000288. The zero-order valence-electron chi connectivity index (χ0n) is 14.8. The van der Waals surface area contributed by atoms with E-state index in [-0.39, 0.29) is 23.7 Å². The highest BCUT2D eigenvalue weighted by Gasteiger charge is 2.35. The molecule has 1 aliphatic rings. The predicted octanol–water partition coefficient (Wildman–Crippen LogP) is 2.79. The molecule has 0 bridgehead atoms. The number of carbonyl (C=O) groups excluding carboxylic acids is 1. The van der Waals surface area contributed by atoms with Crippen LogP contribution < -0.4 is 20.5 Å². The van der Waals surface area contributed by atoms with Gasteiger partial charge in [0.05, 0.1) is 20.3 Å². The highest BCUT2D eigenvalue weighted by molar-refractivity contribution is 5.85. The van der Waals surface area contributed by atoms with E-state index in [1.807, 2.05) is 12.1 Å². The molecule has 0 radical (unpaired) electrons. The highest BCUT2D eigenvalue weighted by atomic mass is 35.5. The average Bonchev–Trinajstić information content (AvgIpc) is 2.59. The van der Waals surface area contributed by atoms with Crippen LogP contribution in [0, 0.1) is 0 Å². The molecule has 136 valence electrons. The molecule has 2 rings (SSSR count). The van der Waals surface area contributed by atoms with Crippen LogP contribution in [0.1, 0.15) is 44.6 Å². The number of hydrogen-bond acceptors (Lipinski definition) is 4. The average molecular weight is 357 g/mol. The normalized spacial score (nSPS) is 17.3. The topological polar surface area (TPSA) is 73.6 Å². The third-order valence-corrected chi connectivity index (χ3v) is 4.82. The number of carbonyl (C=O) groups is 1. The third kappa shape index (κ3) is 4.54. The standard InChI is InChI=1S/C18H28N2O3.ClH/c1-13(19)17(21)20-12-18(9-5-4-6-10-18)14-7-8-15(22-2)16(11-14)23-3;/h7-8,11,13H,4-6,9-10,12,19H2,1-3H3,(H,20,21);1H/t13-;/m0./s1. The van der Waals surface area contributed by atoms with Crippen LogP contribution >= 0.6 is 12.4 Å². The fourth-order valence-corrected chi connectivity index (χ4v) is 3.38. The summed E-state index contributed by atoms with van der Waals surface area (Å²) in [6, 6.07) is 5.59. The summed E-state index contributed by atoms with van der Waals surface area (Å²) in [5.41, 5.74) is 6.81. The first-order chi connectivity index (χ1) is 11.0. The van der Waals surface area contributed by atoms with Gasteiger partial charge in [-0.25, -0.2) is 0 Å². The first-order valence-corrected chi connectivity index (χ1v) is 8.28. The monoisotopic (exact) mass is 356 g/mol. The van der Waals surface area contributed by atoms with Gasteiger partial charge in [0.2, 0.25) is 5.91 Å². The third-order valence-electron chi connectivity index (χ3n) is 4.82. The fourth-order valence-electron chi connectivity index (χ4n) is 3.38. The zero-order chi connectivity index (χ0) is 16.9. The largest absolute Gasteiger partial charge is 0.493 e. The Morgan fingerprint density at radius 1 is 1.21 bits per heavy atom. The number of halogens is 1. The van der Waals surface area contributed by atoms with Crippen LogP contribution in [0.15, 0.2) is 18.2 Å². The highest BCUT2D eigenvalue weighted by Crippen LogP contribution is 2.42. The van der Waals surface area contributed by atoms with Gasteiger partial charge in [0.25, 0.3) is 0 Å². The Bertz CT molecular complexity index is 543. The molecule has 0 aromatic heterocycles. The van der Waals surface area contributed by atoms with Gasteiger partial charge in [-0.3, -0.25) is 4.79 Å². The van der Waals surface area contributed by atoms with E-state index in [4.69, 9.17) is 15.2 Å². The molecular formula is C18H29ClN2O3. The van der Waals surface area contributed by atoms with Crippen LogP contribution in [-0.2, 0) is 10.2 Å². The lowest BCUT2D eigenvalue weighted by Crippen LogP contribution is -2.46. The fraction of sp³-hybridized carbons (Fsp3) is 0.611. The van der Waals surface area contributed by atoms with Gasteiger partial charge in [-0.1, -0.05) is 25.3 Å². The van der Waals surface area contributed by atoms with E-state index in [9.17, 15) is 4.79 Å². The molecule has 24 heavy (non-hydrogen) atoms. The quantitative estimate of drug-likeness (QED) is 0.822. The van der Waals surface area contributed by atoms with Crippen LogP contribution in [0.2, 0.25) is 0 Å². The molecule has 1 aromatic carbocycles. The van der Waals surface area contributed by atoms with Crippen LogP contribution in [0.5, 0.6) is 11.5 Å². The van der Waals surface area contributed by atoms with Crippen LogP contribution in [0.3, 0.4) is 0 Å². The Kier molecular flexibility index (Phi) is 7.84. The van der Waals surface area contributed by atoms with Crippen LogP contribution in [0.4, 0.5) is 0 Å². The molecule has 0 unspecified atom stereocenters. The van der Waals surface area contributed by atoms with Gasteiger partial charge in [-0.2, -0.15) is 0 Å². The summed E-state index contributed by atoms with van der Waals surface area (Å²) >= 11 is 0. The van der Waals surface area contributed by atoms with E-state index < -0.39 is 6.04 Å². The van der Waals surface area contributed by atoms with Crippen molar-refractivity contribution in [2.75, 3.05) is 20.8 Å². The van der Waals surface area contributed by atoms with E-state index in [0.29, 0.717) is 6.54 Å². The molecule has 3 N–H and O–H groups in total. The number of nitrogens with two attached hydrogens (primary N) is 1. The second-order valence-electron chi connectivity index (χ2n) is 6.42. The van der Waals surface area contributed by atoms with Gasteiger partial charge in [-0.05, 0) is 37.5 Å². The van der Waals surface area contributed by atoms with E-state index >= 15 is 0 Å². The van der Waals surface area contributed by atoms with Gasteiger partial charge in [0, 0.05) is 12.0 Å². The van der Waals surface area contributed by atoms with Crippen LogP contribution in [-0.4, -0.2) is 32.7 Å². The molecule has 0 aliphatic heterocycles. The molecule has 0 spiro atoms. The maximum absolute atomic E-state index is 11.9. The maximum Gasteiger partial charge on any atom is 0.236 e. The Labute approximate surface area is 150 Å². The second kappa shape index (κ2) is 9.14. The number of methoxy groups -OCH3 is 2. The number of amides is 1. The number of hydrogen-bond donors (Lipinski definition) is 2. The molecule has 1 saturated carbocycles. The van der Waals surface area contributed by atoms with Crippen molar-refractivity contribution >= 4 is 18.3 Å². The molecular weight excluding hydrogens is 328 g/mol. The van der Waals surface area contributed by atoms with E-state index in [1.54, 1.807) is 21.1 Å². The molecule has 1 aliphatic carbocycles. The van der Waals surface area contributed by atoms with E-state index in [0.717, 1.165) is 24.3 Å². The Hall–Kier alpha value is -1.46. The summed E-state index contributed by atoms with van der Waals surface area (Å²) in [6.45, 7) is 2.32. The van der Waals surface area contributed by atoms with Crippen molar-refractivity contribution in [1.29, 1.82) is 0 Å². The van der Waals surface area contributed by atoms with Gasteiger partial charge >= 0.3 is 0 Å². The lowest BCUT2D eigenvalue weighted by atomic mass is 9.69. The van der Waals surface area contributed by atoms with Gasteiger partial charge < -0.3 is 20.5 Å². The number of benzene rings is 1. The maximum atomic E-state index is 11.9. The lowest BCUT2D eigenvalue weighted by molar-refractivity contribution is -0.122. The lowest BCUT2D eigenvalue weighted by Gasteiger charge is -2.38. The molecule has 6 heteroatoms. The van der Waals surface area contributed by atoms with Crippen molar-refractivity contribution in [3.8, 4) is 11.5 Å². The number of nitrogens with one attached hydrogen (secondary N) is 1. The number of ether oxygens (including phenoxy) is 2. The van der Waals surface area contributed by atoms with E-state index in [1.165, 1.54) is 24.8 Å². The summed E-state index contributed by atoms with van der Waals surface area (Å²) in [4.78, 5) is 11.9. The molecule has 0 heterocycles. The zero-order valence-corrected chi connectivity index (χ0v) is 15.6. The predicted molar refractivity (Wildman–Crippen MR) is 98.2 cm³/mol. The molecule has 5 nitrogen and oxygen atoms in total. The van der Waals surface area contributed by atoms with Crippen molar-refractivity contribution in [3.05, 3.63) is 23.8 Å². The number of rotatable bonds is 6. The minimum absolute atomic E-state index is 0. The summed E-state index contributed by atoms with van der Waals surface area (Å²) in [7, 11) is 3.28. The second-order valence-corrected chi connectivity index (χ2v) is 6.42. The van der Waals surface area contributed by atoms with E-state index in [2.05, 4.69) is 11.4 Å². The summed E-state index contributed by atoms with van der Waals surface area (Å²) in [5, 5.41) is 3.02. The summed E-state index contributed by atoms with van der Waals surface area (Å²) in [6.07, 6.45) is 5.70. The minimum Gasteiger partial charge on any atom is -0.493 e. The van der Waals surface area contributed by atoms with Gasteiger partial charge in [0.15, 0.2) is 11.5 Å². The molecule has 1 amide bonds. The summed E-state index contributed by atoms with van der Waals surface area (Å²) < 4.78 is 10.8. The van der Waals surface area contributed by atoms with Crippen molar-refractivity contribution in [2.45, 2.75) is 50.5 Å². The summed E-state index contributed by atoms with van der Waals surface area (Å²) in [5.74, 6) is 1.35. The molecule has 1 atom stereocenters. The Morgan fingerprint density at radius 2 is 1.83 bits per heavy atom. The van der Waals surface area contributed by atoms with Gasteiger partial charge in [0.1, 0.15) is 0 Å². The van der Waals surface area contributed by atoms with Gasteiger partial charge in [-0.15, -0.1) is 12.4 Å².